The molecule has 3 heterocycles. The molecule has 1 N–H and O–H groups in total. The van der Waals surface area contributed by atoms with Crippen LogP contribution in [0.25, 0.3) is 5.65 Å². The summed E-state index contributed by atoms with van der Waals surface area (Å²) in [4.78, 5) is 16.6. The molecule has 8 heteroatoms. The van der Waals surface area contributed by atoms with Gasteiger partial charge in [0.2, 0.25) is 5.13 Å². The van der Waals surface area contributed by atoms with Crippen LogP contribution in [0.1, 0.15) is 26.5 Å². The van der Waals surface area contributed by atoms with Crippen molar-refractivity contribution in [2.24, 2.45) is 0 Å². The van der Waals surface area contributed by atoms with Gasteiger partial charge in [0.1, 0.15) is 5.65 Å². The first-order valence-electron chi connectivity index (χ1n) is 7.12. The van der Waals surface area contributed by atoms with Gasteiger partial charge in [0.05, 0.1) is 5.69 Å². The molecule has 3 aromatic heterocycles. The maximum absolute atomic E-state index is 12.1. The van der Waals surface area contributed by atoms with E-state index in [1.54, 1.807) is 12.3 Å². The summed E-state index contributed by atoms with van der Waals surface area (Å²) in [6, 6.07) is 7.07. The number of fused-ring (bicyclic) bond motifs is 1. The number of anilines is 1. The van der Waals surface area contributed by atoms with Crippen LogP contribution in [0.4, 0.5) is 5.13 Å². The van der Waals surface area contributed by atoms with E-state index >= 15 is 0 Å². The largest absolute Gasteiger partial charge is 0.355 e. The molecule has 6 nitrogen and oxygen atoms in total. The highest BCUT2D eigenvalue weighted by Gasteiger charge is 2.13. The number of aromatic nitrogens is 4. The number of nitrogens with zero attached hydrogens (tertiary/aromatic N) is 4. The van der Waals surface area contributed by atoms with Crippen LogP contribution >= 0.6 is 23.1 Å². The average Bonchev–Trinajstić information content (AvgIpc) is 2.90. The molecule has 0 bridgehead atoms. The minimum absolute atomic E-state index is 0.0456. The van der Waals surface area contributed by atoms with Crippen LogP contribution in [0, 0.1) is 0 Å². The van der Waals surface area contributed by atoms with Crippen molar-refractivity contribution in [3.63, 3.8) is 0 Å². The first-order chi connectivity index (χ1) is 10.9. The van der Waals surface area contributed by atoms with Crippen molar-refractivity contribution in [3.05, 3.63) is 46.5 Å². The molecule has 0 fully saturated rings. The van der Waals surface area contributed by atoms with Crippen molar-refractivity contribution in [2.75, 3.05) is 5.32 Å². The number of hydrogen-bond donors (Lipinski definition) is 1. The molecule has 0 unspecified atom stereocenters. The third kappa shape index (κ3) is 4.08. The van der Waals surface area contributed by atoms with Gasteiger partial charge in [-0.2, -0.15) is 0 Å². The fourth-order valence-electron chi connectivity index (χ4n) is 1.95. The van der Waals surface area contributed by atoms with E-state index in [1.165, 1.54) is 27.5 Å². The molecular weight excluding hydrogens is 330 g/mol. The highest BCUT2D eigenvalue weighted by molar-refractivity contribution is 8.00. The van der Waals surface area contributed by atoms with Gasteiger partial charge in [-0.15, -0.1) is 10.2 Å². The second kappa shape index (κ2) is 6.29. The predicted molar refractivity (Wildman–Crippen MR) is 94.3 cm³/mol. The lowest BCUT2D eigenvalue weighted by Crippen LogP contribution is -2.25. The molecule has 0 amide bonds. The van der Waals surface area contributed by atoms with E-state index in [2.05, 4.69) is 41.3 Å². The zero-order chi connectivity index (χ0) is 16.4. The molecule has 3 rings (SSSR count). The summed E-state index contributed by atoms with van der Waals surface area (Å²) in [5, 5.41) is 12.4. The number of nitrogens with one attached hydrogen (secondary N) is 1. The Morgan fingerprint density at radius 1 is 1.30 bits per heavy atom. The third-order valence-corrected chi connectivity index (χ3v) is 4.86. The van der Waals surface area contributed by atoms with Crippen molar-refractivity contribution in [1.29, 1.82) is 0 Å². The Balaban J connectivity index is 1.72. The van der Waals surface area contributed by atoms with Crippen LogP contribution in [0.3, 0.4) is 0 Å². The van der Waals surface area contributed by atoms with Gasteiger partial charge < -0.3 is 5.32 Å². The van der Waals surface area contributed by atoms with E-state index in [0.717, 1.165) is 15.2 Å². The van der Waals surface area contributed by atoms with E-state index in [4.69, 9.17) is 0 Å². The van der Waals surface area contributed by atoms with Gasteiger partial charge in [-0.3, -0.25) is 9.20 Å². The fraction of sp³-hybridized carbons (Fsp3) is 0.333. The van der Waals surface area contributed by atoms with Crippen molar-refractivity contribution < 1.29 is 0 Å². The molecule has 0 aromatic carbocycles. The molecule has 120 valence electrons. The van der Waals surface area contributed by atoms with E-state index in [9.17, 15) is 4.79 Å². The molecular formula is C15H17N5OS2. The first-order valence-corrected chi connectivity index (χ1v) is 8.93. The predicted octanol–water partition coefficient (Wildman–Crippen LogP) is 3.05. The molecule has 23 heavy (non-hydrogen) atoms. The minimum atomic E-state index is -0.0708. The van der Waals surface area contributed by atoms with Gasteiger partial charge in [-0.05, 0) is 32.9 Å². The number of thioether (sulfide) groups is 1. The molecule has 0 saturated carbocycles. The Hall–Kier alpha value is -1.93. The summed E-state index contributed by atoms with van der Waals surface area (Å²) in [6.45, 7) is 6.23. The molecule has 0 radical (unpaired) electrons. The van der Waals surface area contributed by atoms with Crippen molar-refractivity contribution in [3.8, 4) is 0 Å². The summed E-state index contributed by atoms with van der Waals surface area (Å²) in [7, 11) is 0. The van der Waals surface area contributed by atoms with E-state index < -0.39 is 0 Å². The summed E-state index contributed by atoms with van der Waals surface area (Å²) >= 11 is 3.04. The monoisotopic (exact) mass is 347 g/mol. The zero-order valence-corrected chi connectivity index (χ0v) is 14.7. The van der Waals surface area contributed by atoms with Gasteiger partial charge in [-0.25, -0.2) is 4.98 Å². The van der Waals surface area contributed by atoms with E-state index in [0.29, 0.717) is 11.4 Å². The molecule has 0 aliphatic carbocycles. The van der Waals surface area contributed by atoms with Crippen molar-refractivity contribution >= 4 is 33.9 Å². The summed E-state index contributed by atoms with van der Waals surface area (Å²) < 4.78 is 2.39. The highest BCUT2D eigenvalue weighted by atomic mass is 32.2. The normalized spacial score (nSPS) is 11.8. The minimum Gasteiger partial charge on any atom is -0.355 e. The van der Waals surface area contributed by atoms with Crippen molar-refractivity contribution in [1.82, 2.24) is 19.6 Å². The summed E-state index contributed by atoms with van der Waals surface area (Å²) in [6.07, 6.45) is 1.72. The summed E-state index contributed by atoms with van der Waals surface area (Å²) in [5.74, 6) is 0.588. The topological polar surface area (TPSA) is 72.2 Å². The van der Waals surface area contributed by atoms with Gasteiger partial charge >= 0.3 is 0 Å². The SMILES string of the molecule is CC(C)(C)Nc1nnc(SCc2cc(=O)n3ccccc3n2)s1. The molecule has 0 saturated heterocycles. The smallest absolute Gasteiger partial charge is 0.258 e. The Morgan fingerprint density at radius 2 is 2.13 bits per heavy atom. The fourth-order valence-corrected chi connectivity index (χ4v) is 3.81. The maximum Gasteiger partial charge on any atom is 0.258 e. The lowest BCUT2D eigenvalue weighted by atomic mass is 10.1. The molecule has 0 aliphatic rings. The van der Waals surface area contributed by atoms with Gasteiger partial charge in [-0.1, -0.05) is 29.2 Å². The average molecular weight is 347 g/mol. The second-order valence-electron chi connectivity index (χ2n) is 6.05. The maximum atomic E-state index is 12.1. The standard InChI is InChI=1S/C15H17N5OS2/c1-15(2,3)17-13-18-19-14(23-13)22-9-10-8-12(21)20-7-5-4-6-11(20)16-10/h4-8H,9H2,1-3H3,(H,17,18). The van der Waals surface area contributed by atoms with Crippen LogP contribution in [0.15, 0.2) is 39.6 Å². The highest BCUT2D eigenvalue weighted by Crippen LogP contribution is 2.29. The lowest BCUT2D eigenvalue weighted by molar-refractivity contribution is 0.631. The molecule has 3 aromatic rings. The quantitative estimate of drug-likeness (QED) is 0.731. The molecule has 0 spiro atoms. The lowest BCUT2D eigenvalue weighted by Gasteiger charge is -2.18. The number of hydrogen-bond acceptors (Lipinski definition) is 7. The number of rotatable bonds is 4. The van der Waals surface area contributed by atoms with Crippen LogP contribution in [-0.2, 0) is 5.75 Å². The van der Waals surface area contributed by atoms with Gasteiger partial charge in [0.25, 0.3) is 5.56 Å². The number of pyridine rings is 1. The second-order valence-corrected chi connectivity index (χ2v) is 8.25. The van der Waals surface area contributed by atoms with E-state index in [-0.39, 0.29) is 11.1 Å². The first kappa shape index (κ1) is 15.9. The third-order valence-electron chi connectivity index (χ3n) is 2.86. The van der Waals surface area contributed by atoms with Gasteiger partial charge in [0, 0.05) is 23.6 Å². The molecule has 0 aliphatic heterocycles. The molecule has 0 atom stereocenters. The zero-order valence-electron chi connectivity index (χ0n) is 13.1. The Labute approximate surface area is 142 Å². The summed E-state index contributed by atoms with van der Waals surface area (Å²) in [5.41, 5.74) is 1.28. The van der Waals surface area contributed by atoms with Crippen LogP contribution < -0.4 is 10.9 Å². The van der Waals surface area contributed by atoms with Crippen LogP contribution in [-0.4, -0.2) is 25.1 Å². The van der Waals surface area contributed by atoms with Gasteiger partial charge in [0.15, 0.2) is 4.34 Å². The van der Waals surface area contributed by atoms with Crippen LogP contribution in [0.5, 0.6) is 0 Å². The van der Waals surface area contributed by atoms with E-state index in [1.807, 2.05) is 18.2 Å². The Kier molecular flexibility index (Phi) is 4.36. The van der Waals surface area contributed by atoms with Crippen molar-refractivity contribution in [2.45, 2.75) is 36.4 Å². The van der Waals surface area contributed by atoms with Crippen LogP contribution in [0.2, 0.25) is 0 Å². The Bertz CT molecular complexity index is 881. The Morgan fingerprint density at radius 3 is 2.91 bits per heavy atom.